The predicted molar refractivity (Wildman–Crippen MR) is 196 cm³/mol. The molecule has 0 spiro atoms. The topological polar surface area (TPSA) is 55.8 Å². The van der Waals surface area contributed by atoms with Gasteiger partial charge in [-0.15, -0.1) is 0 Å². The van der Waals surface area contributed by atoms with Gasteiger partial charge in [-0.3, -0.25) is 9.59 Å². The third-order valence-corrected chi connectivity index (χ3v) is 10.4. The van der Waals surface area contributed by atoms with Crippen LogP contribution in [0.1, 0.15) is 88.5 Å². The number of carbonyl (C=O) groups excluding carboxylic acids is 2. The molecule has 0 saturated carbocycles. The van der Waals surface area contributed by atoms with E-state index in [1.54, 1.807) is 0 Å². The molecule has 0 bridgehead atoms. The molecule has 0 aromatic heterocycles. The van der Waals surface area contributed by atoms with Gasteiger partial charge in [0.2, 0.25) is 0 Å². The summed E-state index contributed by atoms with van der Waals surface area (Å²) < 4.78 is 13.5. The van der Waals surface area contributed by atoms with Gasteiger partial charge >= 0.3 is 0 Å². The summed E-state index contributed by atoms with van der Waals surface area (Å²) in [6.07, 6.45) is 3.34. The van der Waals surface area contributed by atoms with Gasteiger partial charge < -0.3 is 14.4 Å². The summed E-state index contributed by atoms with van der Waals surface area (Å²) in [5.41, 5.74) is 7.85. The first kappa shape index (κ1) is 33.5. The highest BCUT2D eigenvalue weighted by Crippen LogP contribution is 2.55. The zero-order valence-corrected chi connectivity index (χ0v) is 30.7. The Hall–Kier alpha value is -3.39. The van der Waals surface area contributed by atoms with Crippen molar-refractivity contribution in [1.29, 1.82) is 0 Å². The number of hydrogen-bond acceptors (Lipinski definition) is 5. The lowest BCUT2D eigenvalue weighted by Crippen LogP contribution is -2.45. The minimum absolute atomic E-state index is 0.142. The number of aryl methyl sites for hydroxylation is 1. The molecule has 3 aromatic rings. The number of hydrogen-bond donors (Lipinski definition) is 0. The second-order valence-corrected chi connectivity index (χ2v) is 16.1. The van der Waals surface area contributed by atoms with Gasteiger partial charge in [0.05, 0.1) is 10.2 Å². The van der Waals surface area contributed by atoms with Crippen molar-refractivity contribution < 1.29 is 19.1 Å². The number of ketones is 2. The predicted octanol–water partition coefficient (Wildman–Crippen LogP) is 9.51. The van der Waals surface area contributed by atoms with Crippen LogP contribution in [-0.4, -0.2) is 29.6 Å². The van der Waals surface area contributed by atoms with Crippen LogP contribution in [0.5, 0.6) is 11.5 Å². The third-order valence-electron chi connectivity index (χ3n) is 9.62. The van der Waals surface area contributed by atoms with Crippen molar-refractivity contribution in [2.24, 2.45) is 10.8 Å². The fourth-order valence-electron chi connectivity index (χ4n) is 7.65. The van der Waals surface area contributed by atoms with Gasteiger partial charge in [0.25, 0.3) is 0 Å². The fourth-order valence-corrected chi connectivity index (χ4v) is 8.43. The van der Waals surface area contributed by atoms with Gasteiger partial charge in [-0.05, 0) is 95.4 Å². The van der Waals surface area contributed by atoms with E-state index in [1.165, 1.54) is 11.1 Å². The molecule has 6 heteroatoms. The smallest absolute Gasteiger partial charge is 0.174 e. The van der Waals surface area contributed by atoms with E-state index in [-0.39, 0.29) is 22.4 Å². The van der Waals surface area contributed by atoms with Crippen LogP contribution in [0.3, 0.4) is 0 Å². The van der Waals surface area contributed by atoms with Crippen molar-refractivity contribution in [3.63, 3.8) is 0 Å². The van der Waals surface area contributed by atoms with Gasteiger partial charge in [-0.25, -0.2) is 0 Å². The van der Waals surface area contributed by atoms with Crippen molar-refractivity contribution in [3.8, 4) is 11.5 Å². The molecule has 3 aliphatic rings. The van der Waals surface area contributed by atoms with Crippen LogP contribution in [-0.2, 0) is 22.6 Å². The van der Waals surface area contributed by atoms with Crippen molar-refractivity contribution in [3.05, 3.63) is 115 Å². The number of Topliss-reactive ketones (excluding diaryl/α,β-unsaturated/α-hetero) is 2. The molecule has 0 fully saturated rings. The number of nitrogens with zero attached hydrogens (tertiary/aromatic N) is 1. The molecule has 3 aromatic carbocycles. The standard InChI is InChI=1S/C41H46INO4/c1-7-46-35-20-29(19-30(42)39(35)47-25-28-15-11-12-26(2)18-28)36-37-31(21-40(3,4)23-33(37)44)43(17-16-27-13-9-8-10-14-27)32-22-41(5,6)24-34(45)38(32)36/h8-15,18-20,36H,7,16-17,21-25H2,1-6H3. The molecule has 2 aliphatic carbocycles. The Balaban J connectivity index is 1.48. The summed E-state index contributed by atoms with van der Waals surface area (Å²) >= 11 is 2.32. The van der Waals surface area contributed by atoms with Gasteiger partial charge in [-0.1, -0.05) is 87.9 Å². The molecule has 0 saturated heterocycles. The summed E-state index contributed by atoms with van der Waals surface area (Å²) in [7, 11) is 0. The minimum atomic E-state index is -0.432. The van der Waals surface area contributed by atoms with E-state index in [0.29, 0.717) is 37.6 Å². The van der Waals surface area contributed by atoms with Gasteiger partial charge in [0.1, 0.15) is 6.61 Å². The molecule has 0 unspecified atom stereocenters. The van der Waals surface area contributed by atoms with Crippen molar-refractivity contribution >= 4 is 34.2 Å². The second-order valence-electron chi connectivity index (χ2n) is 15.0. The van der Waals surface area contributed by atoms with Crippen LogP contribution >= 0.6 is 22.6 Å². The van der Waals surface area contributed by atoms with E-state index < -0.39 is 5.92 Å². The van der Waals surface area contributed by atoms with Crippen LogP contribution in [0.4, 0.5) is 0 Å². The number of ether oxygens (including phenoxy) is 2. The molecular formula is C41H46INO4. The maximum atomic E-state index is 14.3. The number of carbonyl (C=O) groups is 2. The summed E-state index contributed by atoms with van der Waals surface area (Å²) in [5, 5.41) is 0. The molecule has 0 amide bonds. The van der Waals surface area contributed by atoms with Gasteiger partial charge in [0.15, 0.2) is 23.1 Å². The molecule has 0 radical (unpaired) electrons. The first-order valence-corrected chi connectivity index (χ1v) is 17.9. The minimum Gasteiger partial charge on any atom is -0.490 e. The lowest BCUT2D eigenvalue weighted by molar-refractivity contribution is -0.119. The average molecular weight is 744 g/mol. The Morgan fingerprint density at radius 2 is 1.40 bits per heavy atom. The zero-order chi connectivity index (χ0) is 33.5. The number of benzene rings is 3. The Morgan fingerprint density at radius 3 is 2.00 bits per heavy atom. The maximum absolute atomic E-state index is 14.3. The zero-order valence-electron chi connectivity index (χ0n) is 28.5. The van der Waals surface area contributed by atoms with Crippen molar-refractivity contribution in [2.75, 3.05) is 13.2 Å². The van der Waals surface area contributed by atoms with Crippen LogP contribution in [0.2, 0.25) is 0 Å². The molecule has 6 rings (SSSR count). The van der Waals surface area contributed by atoms with Crippen molar-refractivity contribution in [2.45, 2.75) is 86.2 Å². The molecule has 0 atom stereocenters. The van der Waals surface area contributed by atoms with Gasteiger partial charge in [-0.2, -0.15) is 0 Å². The quantitative estimate of drug-likeness (QED) is 0.205. The molecule has 0 N–H and O–H groups in total. The molecule has 5 nitrogen and oxygen atoms in total. The monoisotopic (exact) mass is 743 g/mol. The summed E-state index contributed by atoms with van der Waals surface area (Å²) in [6, 6.07) is 22.9. The highest BCUT2D eigenvalue weighted by molar-refractivity contribution is 14.1. The Labute approximate surface area is 293 Å². The largest absolute Gasteiger partial charge is 0.490 e. The molecular weight excluding hydrogens is 697 g/mol. The summed E-state index contributed by atoms with van der Waals surface area (Å²) in [4.78, 5) is 31.0. The van der Waals surface area contributed by atoms with Crippen molar-refractivity contribution in [1.82, 2.24) is 4.90 Å². The summed E-state index contributed by atoms with van der Waals surface area (Å²) in [6.45, 7) is 14.4. The van der Waals surface area contributed by atoms with E-state index in [9.17, 15) is 9.59 Å². The fraction of sp³-hybridized carbons (Fsp3) is 0.415. The number of allylic oxidation sites excluding steroid dienone is 4. The number of halogens is 1. The van der Waals surface area contributed by atoms with Crippen LogP contribution in [0.25, 0.3) is 0 Å². The van der Waals surface area contributed by atoms with E-state index in [2.05, 4.69) is 111 Å². The molecule has 1 heterocycles. The van der Waals surface area contributed by atoms with E-state index in [1.807, 2.05) is 25.1 Å². The van der Waals surface area contributed by atoms with E-state index >= 15 is 0 Å². The number of rotatable bonds is 9. The van der Waals surface area contributed by atoms with Crippen LogP contribution in [0, 0.1) is 21.3 Å². The first-order chi connectivity index (χ1) is 22.4. The Bertz CT molecular complexity index is 1710. The molecule has 246 valence electrons. The normalized spacial score (nSPS) is 19.1. The Morgan fingerprint density at radius 1 is 0.787 bits per heavy atom. The molecule has 1 aliphatic heterocycles. The summed E-state index contributed by atoms with van der Waals surface area (Å²) in [5.74, 6) is 1.18. The lowest BCUT2D eigenvalue weighted by atomic mass is 9.63. The lowest BCUT2D eigenvalue weighted by Gasteiger charge is -2.49. The second kappa shape index (κ2) is 13.3. The van der Waals surface area contributed by atoms with Gasteiger partial charge in [0, 0.05) is 47.8 Å². The SMILES string of the molecule is CCOc1cc(C2C3=C(CC(C)(C)CC3=O)N(CCc3ccccc3)C3=C2C(=O)CC(C)(C)C3)cc(I)c1OCc1cccc(C)c1. The average Bonchev–Trinajstić information content (AvgIpc) is 2.99. The van der Waals surface area contributed by atoms with E-state index in [4.69, 9.17) is 9.47 Å². The van der Waals surface area contributed by atoms with Crippen LogP contribution < -0.4 is 9.47 Å². The van der Waals surface area contributed by atoms with Crippen LogP contribution in [0.15, 0.2) is 89.3 Å². The maximum Gasteiger partial charge on any atom is 0.174 e. The third kappa shape index (κ3) is 7.08. The first-order valence-electron chi connectivity index (χ1n) is 16.8. The molecule has 47 heavy (non-hydrogen) atoms. The highest BCUT2D eigenvalue weighted by Gasteiger charge is 2.49. The van der Waals surface area contributed by atoms with E-state index in [0.717, 1.165) is 63.0 Å². The Kier molecular flexibility index (Phi) is 9.45. The highest BCUT2D eigenvalue weighted by atomic mass is 127.